The largest absolute Gasteiger partial charge is 0.486 e. The van der Waals surface area contributed by atoms with Gasteiger partial charge in [0.05, 0.1) is 29.8 Å². The predicted octanol–water partition coefficient (Wildman–Crippen LogP) is 2.66. The number of nitriles is 1. The molecule has 25 heavy (non-hydrogen) atoms. The van der Waals surface area contributed by atoms with Crippen LogP contribution in [0, 0.1) is 17.1 Å². The quantitative estimate of drug-likeness (QED) is 0.929. The Balaban J connectivity index is 1.69. The maximum Gasteiger partial charge on any atom is 0.254 e. The van der Waals surface area contributed by atoms with E-state index in [-0.39, 0.29) is 11.6 Å². The van der Waals surface area contributed by atoms with Gasteiger partial charge in [-0.25, -0.2) is 4.39 Å². The first kappa shape index (κ1) is 16.9. The summed E-state index contributed by atoms with van der Waals surface area (Å²) in [5.41, 5.74) is 0.544. The van der Waals surface area contributed by atoms with Crippen LogP contribution in [0.2, 0.25) is 0 Å². The highest BCUT2D eigenvalue weighted by atomic mass is 19.1. The molecule has 0 aromatic heterocycles. The van der Waals surface area contributed by atoms with Crippen molar-refractivity contribution in [1.82, 2.24) is 5.32 Å². The van der Waals surface area contributed by atoms with Gasteiger partial charge < -0.3 is 14.8 Å². The maximum absolute atomic E-state index is 13.8. The van der Waals surface area contributed by atoms with Crippen molar-refractivity contribution in [3.05, 3.63) is 65.5 Å². The van der Waals surface area contributed by atoms with Crippen LogP contribution < -0.4 is 10.1 Å². The lowest BCUT2D eigenvalue weighted by Gasteiger charge is -2.32. The first-order valence-electron chi connectivity index (χ1n) is 7.97. The number of hydrogen-bond donors (Lipinski definition) is 1. The third-order valence-corrected chi connectivity index (χ3v) is 4.01. The van der Waals surface area contributed by atoms with Crippen LogP contribution >= 0.6 is 0 Å². The van der Waals surface area contributed by atoms with E-state index < -0.39 is 17.8 Å². The van der Waals surface area contributed by atoms with Crippen LogP contribution in [0.15, 0.2) is 48.5 Å². The number of benzene rings is 2. The highest BCUT2D eigenvalue weighted by Gasteiger charge is 2.29. The minimum atomic E-state index is -0.559. The SMILES string of the molecule is N#Cc1ccc(O[C@@H]2COCC[C@H]2NC(=O)c2ccccc2F)cc1. The topological polar surface area (TPSA) is 71.3 Å². The Kier molecular flexibility index (Phi) is 5.26. The Morgan fingerprint density at radius 2 is 2.00 bits per heavy atom. The second-order valence-corrected chi connectivity index (χ2v) is 5.72. The third kappa shape index (κ3) is 4.14. The summed E-state index contributed by atoms with van der Waals surface area (Å²) in [5, 5.41) is 11.7. The van der Waals surface area contributed by atoms with Crippen molar-refractivity contribution in [3.8, 4) is 11.8 Å². The second kappa shape index (κ2) is 7.77. The van der Waals surface area contributed by atoms with Crippen molar-refractivity contribution >= 4 is 5.91 Å². The number of halogens is 1. The summed E-state index contributed by atoms with van der Waals surface area (Å²) in [6.45, 7) is 0.817. The highest BCUT2D eigenvalue weighted by molar-refractivity contribution is 5.94. The lowest BCUT2D eigenvalue weighted by atomic mass is 10.0. The zero-order valence-electron chi connectivity index (χ0n) is 13.4. The van der Waals surface area contributed by atoms with Crippen LogP contribution in [0.25, 0.3) is 0 Å². The monoisotopic (exact) mass is 340 g/mol. The fourth-order valence-corrected chi connectivity index (χ4v) is 2.67. The first-order valence-corrected chi connectivity index (χ1v) is 7.97. The number of ether oxygens (including phenoxy) is 2. The average molecular weight is 340 g/mol. The van der Waals surface area contributed by atoms with Crippen molar-refractivity contribution in [2.75, 3.05) is 13.2 Å². The van der Waals surface area contributed by atoms with E-state index in [1.807, 2.05) is 6.07 Å². The molecule has 3 rings (SSSR count). The number of hydrogen-bond acceptors (Lipinski definition) is 4. The molecule has 2 aromatic carbocycles. The number of carbonyl (C=O) groups excluding carboxylic acids is 1. The molecule has 1 fully saturated rings. The molecule has 5 nitrogen and oxygen atoms in total. The standard InChI is InChI=1S/C19H17FN2O3/c20-16-4-2-1-3-15(16)19(23)22-17-9-10-24-12-18(17)25-14-7-5-13(11-21)6-8-14/h1-8,17-18H,9-10,12H2,(H,22,23)/t17-,18-/m1/s1. The van der Waals surface area contributed by atoms with Gasteiger partial charge in [-0.2, -0.15) is 5.26 Å². The Hall–Kier alpha value is -2.91. The van der Waals surface area contributed by atoms with Crippen LogP contribution in [0.3, 0.4) is 0 Å². The fraction of sp³-hybridized carbons (Fsp3) is 0.263. The molecule has 6 heteroatoms. The number of rotatable bonds is 4. The maximum atomic E-state index is 13.8. The summed E-state index contributed by atoms with van der Waals surface area (Å²) in [6, 6.07) is 14.3. The Labute approximate surface area is 145 Å². The van der Waals surface area contributed by atoms with Crippen molar-refractivity contribution < 1.29 is 18.7 Å². The molecule has 0 spiro atoms. The van der Waals surface area contributed by atoms with Crippen molar-refractivity contribution in [1.29, 1.82) is 5.26 Å². The van der Waals surface area contributed by atoms with Gasteiger partial charge in [0.15, 0.2) is 0 Å². The highest BCUT2D eigenvalue weighted by Crippen LogP contribution is 2.19. The van der Waals surface area contributed by atoms with Gasteiger partial charge in [-0.15, -0.1) is 0 Å². The Bertz CT molecular complexity index is 786. The molecule has 128 valence electrons. The molecule has 1 aliphatic heterocycles. The first-order chi connectivity index (χ1) is 12.2. The van der Waals surface area contributed by atoms with Crippen LogP contribution in [-0.2, 0) is 4.74 Å². The molecule has 1 saturated heterocycles. The van der Waals surface area contributed by atoms with Gasteiger partial charge >= 0.3 is 0 Å². The van der Waals surface area contributed by atoms with Gasteiger partial charge in [-0.05, 0) is 42.8 Å². The minimum absolute atomic E-state index is 0.00566. The predicted molar refractivity (Wildman–Crippen MR) is 88.7 cm³/mol. The summed E-state index contributed by atoms with van der Waals surface area (Å²) in [7, 11) is 0. The smallest absolute Gasteiger partial charge is 0.254 e. The van der Waals surface area contributed by atoms with E-state index in [0.29, 0.717) is 30.9 Å². The van der Waals surface area contributed by atoms with E-state index >= 15 is 0 Å². The van der Waals surface area contributed by atoms with Gasteiger partial charge in [-0.3, -0.25) is 4.79 Å². The normalized spacial score (nSPS) is 19.7. The Morgan fingerprint density at radius 1 is 1.24 bits per heavy atom. The van der Waals surface area contributed by atoms with E-state index in [1.54, 1.807) is 30.3 Å². The summed E-state index contributed by atoms with van der Waals surface area (Å²) < 4.78 is 25.1. The average Bonchev–Trinajstić information content (AvgIpc) is 2.64. The van der Waals surface area contributed by atoms with Crippen molar-refractivity contribution in [3.63, 3.8) is 0 Å². The van der Waals surface area contributed by atoms with Crippen LogP contribution in [0.1, 0.15) is 22.3 Å². The summed E-state index contributed by atoms with van der Waals surface area (Å²) in [6.07, 6.45) is 0.179. The van der Waals surface area contributed by atoms with E-state index in [4.69, 9.17) is 14.7 Å². The lowest BCUT2D eigenvalue weighted by molar-refractivity contribution is -0.0135. The molecule has 2 aromatic rings. The van der Waals surface area contributed by atoms with Crippen molar-refractivity contribution in [2.45, 2.75) is 18.6 Å². The zero-order chi connectivity index (χ0) is 17.6. The van der Waals surface area contributed by atoms with Gasteiger partial charge in [0.25, 0.3) is 5.91 Å². The van der Waals surface area contributed by atoms with Crippen LogP contribution in [0.5, 0.6) is 5.75 Å². The van der Waals surface area contributed by atoms with Gasteiger partial charge in [0.2, 0.25) is 0 Å². The zero-order valence-corrected chi connectivity index (χ0v) is 13.4. The molecule has 0 radical (unpaired) electrons. The van der Waals surface area contributed by atoms with Crippen LogP contribution in [0.4, 0.5) is 4.39 Å². The molecule has 1 heterocycles. The molecule has 0 saturated carbocycles. The molecule has 1 amide bonds. The Morgan fingerprint density at radius 3 is 2.72 bits per heavy atom. The van der Waals surface area contributed by atoms with Crippen molar-refractivity contribution in [2.24, 2.45) is 0 Å². The van der Waals surface area contributed by atoms with Gasteiger partial charge in [0, 0.05) is 6.61 Å². The number of carbonyl (C=O) groups is 1. The minimum Gasteiger partial charge on any atom is -0.486 e. The number of amides is 1. The molecule has 0 bridgehead atoms. The molecule has 1 N–H and O–H groups in total. The van der Waals surface area contributed by atoms with E-state index in [1.165, 1.54) is 18.2 Å². The summed E-state index contributed by atoms with van der Waals surface area (Å²) >= 11 is 0. The molecule has 1 aliphatic rings. The van der Waals surface area contributed by atoms with Crippen LogP contribution in [-0.4, -0.2) is 31.3 Å². The lowest BCUT2D eigenvalue weighted by Crippen LogP contribution is -2.51. The molecular formula is C19H17FN2O3. The molecule has 0 aliphatic carbocycles. The van der Waals surface area contributed by atoms with E-state index in [9.17, 15) is 9.18 Å². The van der Waals surface area contributed by atoms with E-state index in [0.717, 1.165) is 0 Å². The molecule has 2 atom stereocenters. The molecular weight excluding hydrogens is 323 g/mol. The number of nitrogens with zero attached hydrogens (tertiary/aromatic N) is 1. The van der Waals surface area contributed by atoms with E-state index in [2.05, 4.69) is 5.32 Å². The second-order valence-electron chi connectivity index (χ2n) is 5.72. The molecule has 0 unspecified atom stereocenters. The fourth-order valence-electron chi connectivity index (χ4n) is 2.67. The summed E-state index contributed by atoms with van der Waals surface area (Å²) in [5.74, 6) is -0.449. The van der Waals surface area contributed by atoms with Gasteiger partial charge in [-0.1, -0.05) is 12.1 Å². The van der Waals surface area contributed by atoms with Gasteiger partial charge in [0.1, 0.15) is 17.7 Å². The summed E-state index contributed by atoms with van der Waals surface area (Å²) in [4.78, 5) is 12.3. The number of nitrogens with one attached hydrogen (secondary N) is 1. The third-order valence-electron chi connectivity index (χ3n) is 4.01.